The molecule has 39 heavy (non-hydrogen) atoms. The van der Waals surface area contributed by atoms with Crippen LogP contribution in [0.15, 0.2) is 0 Å². The van der Waals surface area contributed by atoms with Gasteiger partial charge in [-0.1, -0.05) is 6.61 Å². The van der Waals surface area contributed by atoms with E-state index in [1.807, 2.05) is 0 Å². The van der Waals surface area contributed by atoms with Crippen molar-refractivity contribution >= 4 is 33.7 Å². The minimum atomic E-state index is -6.14. The number of rotatable bonds is 7. The number of alkyl halides is 2. The molecular formula is C24H27F2NO10RfS-2. The third-order valence-corrected chi connectivity index (χ3v) is 10.2. The van der Waals surface area contributed by atoms with E-state index < -0.39 is 81.4 Å². The van der Waals surface area contributed by atoms with Crippen LogP contribution in [0, 0.1) is 41.6 Å². The Morgan fingerprint density at radius 3 is 2.33 bits per heavy atom. The first-order valence-corrected chi connectivity index (χ1v) is 14.2. The van der Waals surface area contributed by atoms with E-state index in [-0.39, 0.29) is 29.6 Å². The molecule has 0 N–H and O–H groups in total. The van der Waals surface area contributed by atoms with Gasteiger partial charge < -0.3 is 23.7 Å². The number of ketones is 1. The number of carbonyl (C=O) groups is 4. The molecule has 15 heteroatoms. The van der Waals surface area contributed by atoms with E-state index >= 15 is 0 Å². The first kappa shape index (κ1) is 27.4. The Kier molecular flexibility index (Phi) is 5.90. The SMILES string of the molecule is CC(C)N1C(=O)C2C3OC(C(OC(=O)C45CC6CC(C4)C(=O)C(C6)C5)C31)C2C(=O)O[CH-]C(F)(F)S(=O)(=O)[O-].[Rf]. The number of carbonyl (C=O) groups excluding carboxylic acids is 4. The molecular weight excluding hydrogens is 799 g/mol. The molecule has 3 heterocycles. The zero-order valence-corrected chi connectivity index (χ0v) is 28.5. The maximum absolute atomic E-state index is 13.7. The molecule has 3 saturated heterocycles. The van der Waals surface area contributed by atoms with Gasteiger partial charge in [0.25, 0.3) is 11.2 Å². The molecule has 7 aliphatic rings. The van der Waals surface area contributed by atoms with Crippen molar-refractivity contribution in [1.82, 2.24) is 4.90 Å². The predicted molar refractivity (Wildman–Crippen MR) is 117 cm³/mol. The van der Waals surface area contributed by atoms with Crippen LogP contribution in [0.2, 0.25) is 0 Å². The van der Waals surface area contributed by atoms with Crippen molar-refractivity contribution in [3.63, 3.8) is 0 Å². The Morgan fingerprint density at radius 2 is 1.77 bits per heavy atom. The fraction of sp³-hybridized carbons (Fsp3) is 0.792. The van der Waals surface area contributed by atoms with Crippen molar-refractivity contribution in [2.45, 2.75) is 81.6 Å². The molecule has 4 aliphatic carbocycles. The van der Waals surface area contributed by atoms with E-state index in [2.05, 4.69) is 4.74 Å². The van der Waals surface area contributed by atoms with Crippen LogP contribution in [0.25, 0.3) is 0 Å². The largest absolute Gasteiger partial charge is 0.746 e. The van der Waals surface area contributed by atoms with Crippen LogP contribution in [0.1, 0.15) is 46.0 Å². The molecule has 4 saturated carbocycles. The van der Waals surface area contributed by atoms with E-state index in [4.69, 9.17) is 9.47 Å². The Balaban J connectivity index is 0.00000308. The van der Waals surface area contributed by atoms with Gasteiger partial charge in [-0.05, 0) is 51.9 Å². The summed E-state index contributed by atoms with van der Waals surface area (Å²) in [4.78, 5) is 53.9. The average Bonchev–Trinajstić information content (AvgIpc) is 3.42. The first-order valence-electron chi connectivity index (χ1n) is 12.8. The van der Waals surface area contributed by atoms with Crippen molar-refractivity contribution in [2.24, 2.45) is 35.0 Å². The fourth-order valence-electron chi connectivity index (χ4n) is 8.17. The number of hydrogen-bond acceptors (Lipinski definition) is 10. The Bertz CT molecular complexity index is 1210. The number of Topliss-reactive ketones (excluding diaryl/α,β-unsaturated/α-hetero) is 1. The quantitative estimate of drug-likeness (QED) is 0.204. The molecule has 0 aromatic rings. The minimum absolute atomic E-state index is 0. The van der Waals surface area contributed by atoms with Crippen LogP contribution in [0.3, 0.4) is 0 Å². The molecule has 8 unspecified atom stereocenters. The van der Waals surface area contributed by atoms with Gasteiger partial charge in [-0.25, -0.2) is 17.2 Å². The van der Waals surface area contributed by atoms with Crippen LogP contribution >= 0.6 is 0 Å². The van der Waals surface area contributed by atoms with Gasteiger partial charge in [0.2, 0.25) is 5.91 Å². The van der Waals surface area contributed by atoms with Gasteiger partial charge in [-0.15, -0.1) is 0 Å². The molecule has 7 rings (SSSR count). The van der Waals surface area contributed by atoms with Crippen LogP contribution in [0.5, 0.6) is 0 Å². The Hall–Kier alpha value is -3.19. The summed E-state index contributed by atoms with van der Waals surface area (Å²) in [5, 5.41) is -4.98. The number of likely N-dealkylation sites (tertiary alicyclic amines) is 1. The van der Waals surface area contributed by atoms with E-state index in [0.29, 0.717) is 19.3 Å². The molecule has 3 aliphatic heterocycles. The molecule has 0 spiro atoms. The fourth-order valence-corrected chi connectivity index (χ4v) is 8.34. The molecule has 1 amide bonds. The topological polar surface area (TPSA) is 156 Å². The second-order valence-corrected chi connectivity index (χ2v) is 13.4. The van der Waals surface area contributed by atoms with Crippen LogP contribution in [-0.4, -0.2) is 77.1 Å². The van der Waals surface area contributed by atoms with Crippen molar-refractivity contribution in [1.29, 1.82) is 0 Å². The van der Waals surface area contributed by atoms with Crippen molar-refractivity contribution in [3.8, 4) is 0 Å². The smallest absolute Gasteiger partial charge is 0.312 e. The number of ether oxygens (including phenoxy) is 3. The summed E-state index contributed by atoms with van der Waals surface area (Å²) in [7, 11) is -6.14. The van der Waals surface area contributed by atoms with Gasteiger partial charge in [0, 0.05) is 17.9 Å². The normalized spacial score (nSPS) is 41.8. The van der Waals surface area contributed by atoms with Gasteiger partial charge in [-0.3, -0.25) is 19.2 Å². The summed E-state index contributed by atoms with van der Waals surface area (Å²) in [6.07, 6.45) is -0.273. The summed E-state index contributed by atoms with van der Waals surface area (Å²) < 4.78 is 75.9. The zero-order chi connectivity index (χ0) is 27.5. The number of halogens is 2. The molecule has 212 valence electrons. The molecule has 0 radical (unpaired) electrons. The van der Waals surface area contributed by atoms with Gasteiger partial charge in [0.05, 0.1) is 29.4 Å². The zero-order valence-electron chi connectivity index (χ0n) is 21.3. The molecule has 0 aromatic heterocycles. The van der Waals surface area contributed by atoms with E-state index in [1.54, 1.807) is 13.8 Å². The minimum Gasteiger partial charge on any atom is -0.746 e. The van der Waals surface area contributed by atoms with Crippen molar-refractivity contribution in [2.75, 3.05) is 0 Å². The maximum atomic E-state index is 13.7. The van der Waals surface area contributed by atoms with Crippen molar-refractivity contribution in [3.05, 3.63) is 6.61 Å². The van der Waals surface area contributed by atoms with Gasteiger partial charge in [0.15, 0.2) is 6.10 Å². The first-order chi connectivity index (χ1) is 17.6. The maximum Gasteiger partial charge on any atom is 0.312 e. The second-order valence-electron chi connectivity index (χ2n) is 11.9. The number of hydrogen-bond donors (Lipinski definition) is 0. The molecule has 7 fully saturated rings. The summed E-state index contributed by atoms with van der Waals surface area (Å²) in [6, 6.07) is -1.06. The average molecular weight is 827 g/mol. The van der Waals surface area contributed by atoms with E-state index in [0.717, 1.165) is 12.8 Å². The molecule has 6 bridgehead atoms. The van der Waals surface area contributed by atoms with Gasteiger partial charge in [0.1, 0.15) is 22.0 Å². The summed E-state index contributed by atoms with van der Waals surface area (Å²) in [6.45, 7) is 2.81. The number of fused-ring (bicyclic) bond motifs is 1. The number of esters is 2. The standard InChI is InChI=1S/C24H28F2NO10S.Rf/c1-9(2)27-15-17-13(20(27)29)14(21(30)35-8-24(25,26)38(32,33)34)18(36-17)19(15)37-22(31)23-5-10-3-11(6-23)16(28)12(4-10)7-23;/h8-15,17-19H,3-7H2,1-2H3,(H,32,33,34);/q-1;/p-1. The molecule has 0 aromatic carbocycles. The third-order valence-electron chi connectivity index (χ3n) is 9.41. The summed E-state index contributed by atoms with van der Waals surface area (Å²) in [5.74, 6) is -4.89. The Morgan fingerprint density at radius 1 is 1.15 bits per heavy atom. The van der Waals surface area contributed by atoms with Crippen LogP contribution in [-0.2, 0) is 43.5 Å². The number of nitrogens with zero attached hydrogens (tertiary/aromatic N) is 1. The van der Waals surface area contributed by atoms with Crippen LogP contribution in [0.4, 0.5) is 8.78 Å². The number of amides is 1. The molecule has 11 nitrogen and oxygen atoms in total. The van der Waals surface area contributed by atoms with E-state index in [1.165, 1.54) is 4.90 Å². The predicted octanol–water partition coefficient (Wildman–Crippen LogP) is 0.769. The molecule has 8 atom stereocenters. The second kappa shape index (κ2) is 8.40. The van der Waals surface area contributed by atoms with Gasteiger partial charge >= 0.3 is 5.97 Å². The van der Waals surface area contributed by atoms with E-state index in [9.17, 15) is 40.9 Å². The summed E-state index contributed by atoms with van der Waals surface area (Å²) >= 11 is 0. The Labute approximate surface area is 217 Å². The van der Waals surface area contributed by atoms with Gasteiger partial charge in [-0.2, -0.15) is 0 Å². The third kappa shape index (κ3) is 3.69. The monoisotopic (exact) mass is 826 g/mol. The van der Waals surface area contributed by atoms with Crippen LogP contribution < -0.4 is 0 Å². The van der Waals surface area contributed by atoms with Crippen molar-refractivity contribution < 1.29 is 55.1 Å². The summed E-state index contributed by atoms with van der Waals surface area (Å²) in [5.41, 5.74) is -0.842.